The number of carboxylic acids is 1. The van der Waals surface area contributed by atoms with Gasteiger partial charge in [0, 0.05) is 5.75 Å². The van der Waals surface area contributed by atoms with Gasteiger partial charge in [-0.25, -0.2) is 8.42 Å². The van der Waals surface area contributed by atoms with E-state index in [1.807, 2.05) is 0 Å². The fourth-order valence-corrected chi connectivity index (χ4v) is 2.92. The number of sulfonamides is 1. The number of hydrogen-bond donors (Lipinski definition) is 3. The standard InChI is InChI=1S/C10H13NO4S2/c12-10(13)9(6-16)11-17(14,15)7-8-4-2-1-3-5-8/h1-5,9,11,16H,6-7H2,(H,12,13). The summed E-state index contributed by atoms with van der Waals surface area (Å²) in [5.74, 6) is -1.58. The van der Waals surface area contributed by atoms with Crippen molar-refractivity contribution in [2.75, 3.05) is 5.75 Å². The molecule has 0 fully saturated rings. The minimum Gasteiger partial charge on any atom is -0.480 e. The molecule has 0 aliphatic heterocycles. The van der Waals surface area contributed by atoms with Crippen LogP contribution in [0.4, 0.5) is 0 Å². The first-order valence-electron chi connectivity index (χ1n) is 4.82. The average Bonchev–Trinajstić information content (AvgIpc) is 2.26. The van der Waals surface area contributed by atoms with Crippen LogP contribution in [0.3, 0.4) is 0 Å². The van der Waals surface area contributed by atoms with Crippen LogP contribution in [0.1, 0.15) is 5.56 Å². The fraction of sp³-hybridized carbons (Fsp3) is 0.300. The molecule has 0 aliphatic carbocycles. The number of aliphatic carboxylic acids is 1. The topological polar surface area (TPSA) is 83.5 Å². The van der Waals surface area contributed by atoms with Crippen LogP contribution in [0.5, 0.6) is 0 Å². The second kappa shape index (κ2) is 6.04. The highest BCUT2D eigenvalue weighted by Gasteiger charge is 2.22. The van der Waals surface area contributed by atoms with Crippen LogP contribution >= 0.6 is 12.6 Å². The lowest BCUT2D eigenvalue weighted by Gasteiger charge is -2.12. The van der Waals surface area contributed by atoms with Gasteiger partial charge in [0.25, 0.3) is 0 Å². The van der Waals surface area contributed by atoms with E-state index < -0.39 is 22.0 Å². The van der Waals surface area contributed by atoms with Crippen LogP contribution in [0.2, 0.25) is 0 Å². The second-order valence-corrected chi connectivity index (χ2v) is 5.55. The normalized spacial score (nSPS) is 13.2. The molecule has 1 aromatic carbocycles. The lowest BCUT2D eigenvalue weighted by atomic mass is 10.2. The summed E-state index contributed by atoms with van der Waals surface area (Å²) in [5.41, 5.74) is 0.600. The molecular formula is C10H13NO4S2. The molecule has 1 rings (SSSR count). The highest BCUT2D eigenvalue weighted by molar-refractivity contribution is 7.88. The van der Waals surface area contributed by atoms with E-state index in [0.29, 0.717) is 5.56 Å². The molecule has 0 radical (unpaired) electrons. The van der Waals surface area contributed by atoms with E-state index in [-0.39, 0.29) is 11.5 Å². The Balaban J connectivity index is 2.73. The van der Waals surface area contributed by atoms with Crippen molar-refractivity contribution in [3.05, 3.63) is 35.9 Å². The molecule has 1 aromatic rings. The van der Waals surface area contributed by atoms with Gasteiger partial charge in [-0.05, 0) is 5.56 Å². The van der Waals surface area contributed by atoms with Crippen molar-refractivity contribution in [1.82, 2.24) is 4.72 Å². The Morgan fingerprint density at radius 2 is 1.94 bits per heavy atom. The van der Waals surface area contributed by atoms with Crippen molar-refractivity contribution in [1.29, 1.82) is 0 Å². The summed E-state index contributed by atoms with van der Waals surface area (Å²) >= 11 is 3.79. The quantitative estimate of drug-likeness (QED) is 0.660. The number of carboxylic acid groups (broad SMARTS) is 1. The van der Waals surface area contributed by atoms with E-state index in [2.05, 4.69) is 17.4 Å². The first-order chi connectivity index (χ1) is 7.94. The van der Waals surface area contributed by atoms with Gasteiger partial charge in [0.15, 0.2) is 0 Å². The molecule has 0 saturated carbocycles. The Bertz CT molecular complexity index is 472. The molecule has 7 heteroatoms. The summed E-state index contributed by atoms with van der Waals surface area (Å²) in [4.78, 5) is 10.7. The predicted molar refractivity (Wildman–Crippen MR) is 67.5 cm³/mol. The molecule has 0 aromatic heterocycles. The number of rotatable bonds is 6. The number of carbonyl (C=O) groups is 1. The third-order valence-corrected chi connectivity index (χ3v) is 3.72. The fourth-order valence-electron chi connectivity index (χ4n) is 1.22. The maximum atomic E-state index is 11.7. The highest BCUT2D eigenvalue weighted by atomic mass is 32.2. The SMILES string of the molecule is O=C(O)C(CS)NS(=O)(=O)Cc1ccccc1. The van der Waals surface area contributed by atoms with Gasteiger partial charge in [-0.1, -0.05) is 30.3 Å². The smallest absolute Gasteiger partial charge is 0.322 e. The van der Waals surface area contributed by atoms with Gasteiger partial charge < -0.3 is 5.11 Å². The molecule has 0 aliphatic rings. The zero-order valence-corrected chi connectivity index (χ0v) is 10.6. The molecule has 0 amide bonds. The van der Waals surface area contributed by atoms with Crippen molar-refractivity contribution in [3.63, 3.8) is 0 Å². The van der Waals surface area contributed by atoms with Crippen LogP contribution in [-0.2, 0) is 20.6 Å². The van der Waals surface area contributed by atoms with E-state index in [1.165, 1.54) is 0 Å². The Morgan fingerprint density at radius 3 is 2.41 bits per heavy atom. The number of benzene rings is 1. The third kappa shape index (κ3) is 4.76. The molecule has 94 valence electrons. The molecule has 1 atom stereocenters. The number of hydrogen-bond acceptors (Lipinski definition) is 4. The van der Waals surface area contributed by atoms with Gasteiger partial charge >= 0.3 is 5.97 Å². The second-order valence-electron chi connectivity index (χ2n) is 3.44. The largest absolute Gasteiger partial charge is 0.480 e. The van der Waals surface area contributed by atoms with Crippen molar-refractivity contribution in [2.45, 2.75) is 11.8 Å². The van der Waals surface area contributed by atoms with E-state index in [4.69, 9.17) is 5.11 Å². The van der Waals surface area contributed by atoms with Crippen LogP contribution in [0.25, 0.3) is 0 Å². The van der Waals surface area contributed by atoms with E-state index >= 15 is 0 Å². The van der Waals surface area contributed by atoms with Crippen LogP contribution in [-0.4, -0.2) is 31.3 Å². The van der Waals surface area contributed by atoms with E-state index in [9.17, 15) is 13.2 Å². The Hall–Kier alpha value is -1.05. The molecule has 5 nitrogen and oxygen atoms in total. The Labute approximate surface area is 105 Å². The van der Waals surface area contributed by atoms with Crippen molar-refractivity contribution < 1.29 is 18.3 Å². The Kier molecular flexibility index (Phi) is 4.98. The summed E-state index contributed by atoms with van der Waals surface area (Å²) < 4.78 is 25.4. The van der Waals surface area contributed by atoms with Gasteiger partial charge in [-0.3, -0.25) is 4.79 Å². The Morgan fingerprint density at radius 1 is 1.35 bits per heavy atom. The van der Waals surface area contributed by atoms with Crippen molar-refractivity contribution in [3.8, 4) is 0 Å². The predicted octanol–water partition coefficient (Wildman–Crippen LogP) is 0.489. The number of nitrogens with one attached hydrogen (secondary N) is 1. The zero-order valence-electron chi connectivity index (χ0n) is 8.91. The molecule has 17 heavy (non-hydrogen) atoms. The van der Waals surface area contributed by atoms with E-state index in [1.54, 1.807) is 30.3 Å². The summed E-state index contributed by atoms with van der Waals surface area (Å²) in [5, 5.41) is 8.73. The summed E-state index contributed by atoms with van der Waals surface area (Å²) in [6.07, 6.45) is 0. The maximum absolute atomic E-state index is 11.7. The number of thiol groups is 1. The highest BCUT2D eigenvalue weighted by Crippen LogP contribution is 2.05. The van der Waals surface area contributed by atoms with Gasteiger partial charge in [0.2, 0.25) is 10.0 Å². The van der Waals surface area contributed by atoms with Crippen molar-refractivity contribution in [2.24, 2.45) is 0 Å². The van der Waals surface area contributed by atoms with Gasteiger partial charge in [0.05, 0.1) is 5.75 Å². The minimum absolute atomic E-state index is 0.0939. The molecule has 0 heterocycles. The minimum atomic E-state index is -3.67. The summed E-state index contributed by atoms with van der Waals surface area (Å²) in [7, 11) is -3.67. The lowest BCUT2D eigenvalue weighted by Crippen LogP contribution is -2.42. The lowest BCUT2D eigenvalue weighted by molar-refractivity contribution is -0.138. The molecule has 1 unspecified atom stereocenters. The summed E-state index contributed by atoms with van der Waals surface area (Å²) in [6.45, 7) is 0. The van der Waals surface area contributed by atoms with Gasteiger partial charge in [-0.2, -0.15) is 17.4 Å². The van der Waals surface area contributed by atoms with E-state index in [0.717, 1.165) is 0 Å². The monoisotopic (exact) mass is 275 g/mol. The third-order valence-electron chi connectivity index (χ3n) is 2.00. The first-order valence-corrected chi connectivity index (χ1v) is 7.10. The molecule has 2 N–H and O–H groups in total. The molecule has 0 bridgehead atoms. The maximum Gasteiger partial charge on any atom is 0.322 e. The zero-order chi connectivity index (χ0) is 12.9. The first kappa shape index (κ1) is 14.0. The van der Waals surface area contributed by atoms with Crippen LogP contribution < -0.4 is 4.72 Å². The van der Waals surface area contributed by atoms with Crippen LogP contribution in [0.15, 0.2) is 30.3 Å². The van der Waals surface area contributed by atoms with Gasteiger partial charge in [0.1, 0.15) is 6.04 Å². The average molecular weight is 275 g/mol. The molecular weight excluding hydrogens is 262 g/mol. The van der Waals surface area contributed by atoms with Crippen molar-refractivity contribution >= 4 is 28.6 Å². The molecule has 0 saturated heterocycles. The molecule has 0 spiro atoms. The van der Waals surface area contributed by atoms with Gasteiger partial charge in [-0.15, -0.1) is 0 Å². The van der Waals surface area contributed by atoms with Crippen LogP contribution in [0, 0.1) is 0 Å². The summed E-state index contributed by atoms with van der Waals surface area (Å²) in [6, 6.07) is 7.34.